The maximum atomic E-state index is 13.7. The van der Waals surface area contributed by atoms with E-state index in [-0.39, 0.29) is 29.8 Å². The number of aliphatic imine (C=N–C) groups is 1. The van der Waals surface area contributed by atoms with E-state index in [0.717, 1.165) is 28.1 Å². The molecule has 2 aromatic rings. The van der Waals surface area contributed by atoms with E-state index in [0.29, 0.717) is 24.5 Å². The van der Waals surface area contributed by atoms with Gasteiger partial charge >= 0.3 is 0 Å². The Morgan fingerprint density at radius 1 is 1.29 bits per heavy atom. The number of nitrogens with zero attached hydrogens (tertiary/aromatic N) is 2. The van der Waals surface area contributed by atoms with Crippen LogP contribution in [0.3, 0.4) is 0 Å². The summed E-state index contributed by atoms with van der Waals surface area (Å²) in [5.41, 5.74) is 1.77. The average Bonchev–Trinajstić information content (AvgIpc) is 2.94. The van der Waals surface area contributed by atoms with Gasteiger partial charge in [0.25, 0.3) is 0 Å². The first-order chi connectivity index (χ1) is 11.1. The van der Waals surface area contributed by atoms with Gasteiger partial charge < -0.3 is 10.6 Å². The molecule has 1 aromatic carbocycles. The number of thiazole rings is 1. The molecule has 0 unspecified atom stereocenters. The van der Waals surface area contributed by atoms with Crippen molar-refractivity contribution >= 4 is 57.2 Å². The highest BCUT2D eigenvalue weighted by Crippen LogP contribution is 2.15. The third-order valence-corrected chi connectivity index (χ3v) is 4.57. The maximum Gasteiger partial charge on any atom is 0.190 e. The number of aromatic nitrogens is 1. The standard InChI is InChI=1S/C16H20BrFN4S.HI/c1-11-22-14(10-23-11)6-8-21-16(19-2)20-7-5-12-9-13(17)3-4-15(12)18;/h3-4,9-10H,5-8H2,1-2H3,(H2,19,20,21);1H. The molecule has 4 nitrogen and oxygen atoms in total. The van der Waals surface area contributed by atoms with Crippen molar-refractivity contribution in [3.63, 3.8) is 0 Å². The quantitative estimate of drug-likeness (QED) is 0.341. The van der Waals surface area contributed by atoms with E-state index in [9.17, 15) is 4.39 Å². The van der Waals surface area contributed by atoms with E-state index in [1.807, 2.05) is 6.92 Å². The number of aryl methyl sites for hydroxylation is 1. The van der Waals surface area contributed by atoms with Gasteiger partial charge in [-0.15, -0.1) is 35.3 Å². The Balaban J connectivity index is 0.00000288. The molecule has 0 amide bonds. The number of hydrogen-bond acceptors (Lipinski definition) is 3. The second-order valence-electron chi connectivity index (χ2n) is 5.02. The van der Waals surface area contributed by atoms with Crippen molar-refractivity contribution in [2.45, 2.75) is 19.8 Å². The zero-order valence-corrected chi connectivity index (χ0v) is 18.3. The lowest BCUT2D eigenvalue weighted by Gasteiger charge is -2.11. The highest BCUT2D eigenvalue weighted by atomic mass is 127. The van der Waals surface area contributed by atoms with Gasteiger partial charge in [-0.25, -0.2) is 9.37 Å². The Morgan fingerprint density at radius 3 is 2.62 bits per heavy atom. The highest BCUT2D eigenvalue weighted by molar-refractivity contribution is 14.0. The van der Waals surface area contributed by atoms with Crippen LogP contribution >= 0.6 is 51.2 Å². The van der Waals surface area contributed by atoms with Crippen LogP contribution < -0.4 is 10.6 Å². The summed E-state index contributed by atoms with van der Waals surface area (Å²) in [5, 5.41) is 9.59. The molecule has 0 atom stereocenters. The van der Waals surface area contributed by atoms with Gasteiger partial charge in [-0.2, -0.15) is 0 Å². The van der Waals surface area contributed by atoms with E-state index in [2.05, 4.69) is 41.9 Å². The van der Waals surface area contributed by atoms with Gasteiger partial charge in [0.1, 0.15) is 5.82 Å². The van der Waals surface area contributed by atoms with Gasteiger partial charge in [0, 0.05) is 36.4 Å². The Hall–Kier alpha value is -0.740. The van der Waals surface area contributed by atoms with Crippen molar-refractivity contribution in [3.05, 3.63) is 50.1 Å². The minimum Gasteiger partial charge on any atom is -0.356 e. The molecule has 0 saturated heterocycles. The van der Waals surface area contributed by atoms with Gasteiger partial charge in [0.15, 0.2) is 5.96 Å². The van der Waals surface area contributed by atoms with Crippen molar-refractivity contribution < 1.29 is 4.39 Å². The van der Waals surface area contributed by atoms with Crippen LogP contribution in [0.2, 0.25) is 0 Å². The van der Waals surface area contributed by atoms with Gasteiger partial charge in [-0.1, -0.05) is 15.9 Å². The molecule has 132 valence electrons. The van der Waals surface area contributed by atoms with Crippen LogP contribution in [-0.4, -0.2) is 31.1 Å². The maximum absolute atomic E-state index is 13.7. The lowest BCUT2D eigenvalue weighted by Crippen LogP contribution is -2.39. The summed E-state index contributed by atoms with van der Waals surface area (Å²) in [6.45, 7) is 3.38. The van der Waals surface area contributed by atoms with Gasteiger partial charge in [0.05, 0.1) is 10.7 Å². The summed E-state index contributed by atoms with van der Waals surface area (Å²) in [6.07, 6.45) is 1.45. The van der Waals surface area contributed by atoms with Crippen molar-refractivity contribution in [3.8, 4) is 0 Å². The monoisotopic (exact) mass is 526 g/mol. The van der Waals surface area contributed by atoms with Crippen molar-refractivity contribution in [2.75, 3.05) is 20.1 Å². The number of rotatable bonds is 6. The van der Waals surface area contributed by atoms with E-state index in [4.69, 9.17) is 0 Å². The molecule has 1 aromatic heterocycles. The Labute approximate surface area is 171 Å². The summed E-state index contributed by atoms with van der Waals surface area (Å²) >= 11 is 5.02. The van der Waals surface area contributed by atoms with Crippen LogP contribution in [0.5, 0.6) is 0 Å². The lowest BCUT2D eigenvalue weighted by molar-refractivity contribution is 0.606. The molecule has 0 saturated carbocycles. The smallest absolute Gasteiger partial charge is 0.190 e. The van der Waals surface area contributed by atoms with E-state index in [1.54, 1.807) is 30.5 Å². The van der Waals surface area contributed by atoms with Crippen molar-refractivity contribution in [1.82, 2.24) is 15.6 Å². The first-order valence-electron chi connectivity index (χ1n) is 7.38. The fourth-order valence-electron chi connectivity index (χ4n) is 2.10. The third kappa shape index (κ3) is 7.02. The minimum absolute atomic E-state index is 0. The topological polar surface area (TPSA) is 49.3 Å². The van der Waals surface area contributed by atoms with Crippen molar-refractivity contribution in [1.29, 1.82) is 0 Å². The highest BCUT2D eigenvalue weighted by Gasteiger charge is 2.04. The predicted molar refractivity (Wildman–Crippen MR) is 113 cm³/mol. The fourth-order valence-corrected chi connectivity index (χ4v) is 3.16. The molecule has 8 heteroatoms. The number of halogens is 3. The Bertz CT molecular complexity index is 678. The molecule has 2 N–H and O–H groups in total. The van der Waals surface area contributed by atoms with E-state index in [1.165, 1.54) is 6.07 Å². The molecule has 0 fully saturated rings. The van der Waals surface area contributed by atoms with Crippen molar-refractivity contribution in [2.24, 2.45) is 4.99 Å². The van der Waals surface area contributed by atoms with Crippen LogP contribution in [0.4, 0.5) is 4.39 Å². The Morgan fingerprint density at radius 2 is 2.00 bits per heavy atom. The molecule has 0 aliphatic heterocycles. The van der Waals surface area contributed by atoms with Crippen LogP contribution in [0.1, 0.15) is 16.3 Å². The summed E-state index contributed by atoms with van der Waals surface area (Å²) in [5.74, 6) is 0.532. The number of nitrogens with one attached hydrogen (secondary N) is 2. The lowest BCUT2D eigenvalue weighted by atomic mass is 10.1. The normalized spacial score (nSPS) is 11.1. The average molecular weight is 527 g/mol. The Kier molecular flexibility index (Phi) is 9.75. The first-order valence-corrected chi connectivity index (χ1v) is 9.05. The first kappa shape index (κ1) is 21.3. The van der Waals surface area contributed by atoms with Crippen LogP contribution in [0.15, 0.2) is 33.0 Å². The fraction of sp³-hybridized carbons (Fsp3) is 0.375. The van der Waals surface area contributed by atoms with Gasteiger partial charge in [-0.05, 0) is 37.1 Å². The number of hydrogen-bond donors (Lipinski definition) is 2. The molecule has 0 spiro atoms. The molecular weight excluding hydrogens is 506 g/mol. The van der Waals surface area contributed by atoms with E-state index >= 15 is 0 Å². The van der Waals surface area contributed by atoms with Crippen LogP contribution in [0, 0.1) is 12.7 Å². The second kappa shape index (κ2) is 11.0. The van der Waals surface area contributed by atoms with E-state index < -0.39 is 0 Å². The molecule has 0 radical (unpaired) electrons. The molecule has 2 rings (SSSR count). The molecule has 0 aliphatic rings. The number of guanidine groups is 1. The number of benzene rings is 1. The minimum atomic E-state index is -0.183. The van der Waals surface area contributed by atoms with Gasteiger partial charge in [0.2, 0.25) is 0 Å². The zero-order valence-electron chi connectivity index (χ0n) is 13.6. The largest absolute Gasteiger partial charge is 0.356 e. The second-order valence-corrected chi connectivity index (χ2v) is 7.00. The molecule has 1 heterocycles. The summed E-state index contributed by atoms with van der Waals surface area (Å²) < 4.78 is 14.6. The predicted octanol–water partition coefficient (Wildman–Crippen LogP) is 3.92. The van der Waals surface area contributed by atoms with Crippen LogP contribution in [-0.2, 0) is 12.8 Å². The zero-order chi connectivity index (χ0) is 16.7. The molecule has 24 heavy (non-hydrogen) atoms. The molecule has 0 aliphatic carbocycles. The molecular formula is C16H21BrFIN4S. The molecule has 0 bridgehead atoms. The summed E-state index contributed by atoms with van der Waals surface area (Å²) in [7, 11) is 1.72. The SMILES string of the molecule is CN=C(NCCc1csc(C)n1)NCCc1cc(Br)ccc1F.I. The summed E-state index contributed by atoms with van der Waals surface area (Å²) in [6, 6.07) is 4.98. The van der Waals surface area contributed by atoms with Gasteiger partial charge in [-0.3, -0.25) is 4.99 Å². The van der Waals surface area contributed by atoms with Crippen LogP contribution in [0.25, 0.3) is 0 Å². The third-order valence-electron chi connectivity index (χ3n) is 3.26. The summed E-state index contributed by atoms with van der Waals surface area (Å²) in [4.78, 5) is 8.59.